The lowest BCUT2D eigenvalue weighted by atomic mass is 10.2. The van der Waals surface area contributed by atoms with E-state index in [2.05, 4.69) is 10.1 Å². The molecule has 3 aromatic carbocycles. The van der Waals surface area contributed by atoms with Crippen molar-refractivity contribution in [3.05, 3.63) is 141 Å². The van der Waals surface area contributed by atoms with Gasteiger partial charge >= 0.3 is 5.69 Å². The van der Waals surface area contributed by atoms with E-state index < -0.39 is 17.5 Å². The number of hydrogen-bond donors (Lipinski definition) is 1. The minimum atomic E-state index is -1.99. The molecule has 0 fully saturated rings. The number of halogens is 2. The normalized spacial score (nSPS) is 12.1. The van der Waals surface area contributed by atoms with E-state index in [0.717, 1.165) is 5.56 Å². The molecule has 206 valence electrons. The number of ether oxygens (including phenoxy) is 1. The molecule has 3 heterocycles. The molecule has 1 unspecified atom stereocenters. The van der Waals surface area contributed by atoms with Crippen molar-refractivity contribution < 1.29 is 13.5 Å². The second-order valence-corrected chi connectivity index (χ2v) is 9.60. The van der Waals surface area contributed by atoms with Crippen LogP contribution in [-0.2, 0) is 13.1 Å². The molecule has 0 amide bonds. The minimum absolute atomic E-state index is 0.0774. The average molecular weight is 554 g/mol. The first-order valence-corrected chi connectivity index (χ1v) is 12.9. The number of alkyl halides is 1. The molecule has 0 aliphatic carbocycles. The zero-order valence-corrected chi connectivity index (χ0v) is 22.0. The molecule has 0 aliphatic rings. The quantitative estimate of drug-likeness (QED) is 0.284. The summed E-state index contributed by atoms with van der Waals surface area (Å²) in [5, 5.41) is 4.34. The van der Waals surface area contributed by atoms with Crippen molar-refractivity contribution in [3.63, 3.8) is 0 Å². The van der Waals surface area contributed by atoms with E-state index in [1.807, 2.05) is 0 Å². The zero-order valence-electron chi connectivity index (χ0n) is 22.0. The summed E-state index contributed by atoms with van der Waals surface area (Å²) in [5.41, 5.74) is 1.38. The molecule has 1 atom stereocenters. The van der Waals surface area contributed by atoms with Crippen LogP contribution in [-0.4, -0.2) is 31.0 Å². The second kappa shape index (κ2) is 10.7. The Morgan fingerprint density at radius 2 is 1.68 bits per heavy atom. The Bertz CT molecular complexity index is 1960. The number of nitrogens with zero attached hydrogens (tertiary/aromatic N) is 4. The predicted molar refractivity (Wildman–Crippen MR) is 151 cm³/mol. The smallest absolute Gasteiger partial charge is 0.334 e. The van der Waals surface area contributed by atoms with Crippen LogP contribution in [0.15, 0.2) is 107 Å². The van der Waals surface area contributed by atoms with Gasteiger partial charge in [0.05, 0.1) is 37.6 Å². The topological polar surface area (TPSA) is 86.8 Å². The summed E-state index contributed by atoms with van der Waals surface area (Å²) in [4.78, 5) is 30.4. The Kier molecular flexibility index (Phi) is 6.80. The molecule has 0 bridgehead atoms. The molecule has 6 aromatic rings. The number of nitrogens with one attached hydrogen (secondary N) is 1. The van der Waals surface area contributed by atoms with Crippen LogP contribution in [0.4, 0.5) is 8.78 Å². The lowest BCUT2D eigenvalue weighted by Gasteiger charge is -2.15. The Hall–Kier alpha value is -5.25. The molecule has 0 saturated carbocycles. The third-order valence-corrected chi connectivity index (χ3v) is 6.99. The SMILES string of the molecule is COc1ccc(Cn2c(=O)n(C(F)c3ccccc3)c(=O)c3[nH]c(-c4cnn(Cc5ccccc5F)c4)cc32)cc1. The second-order valence-electron chi connectivity index (χ2n) is 9.60. The summed E-state index contributed by atoms with van der Waals surface area (Å²) in [5.74, 6) is 0.317. The van der Waals surface area contributed by atoms with Gasteiger partial charge in [-0.15, -0.1) is 0 Å². The molecule has 0 radical (unpaired) electrons. The van der Waals surface area contributed by atoms with Crippen molar-refractivity contribution in [2.45, 2.75) is 19.4 Å². The summed E-state index contributed by atoms with van der Waals surface area (Å²) >= 11 is 0. The Morgan fingerprint density at radius 3 is 2.41 bits per heavy atom. The maximum absolute atomic E-state index is 15.8. The molecule has 10 heteroatoms. The van der Waals surface area contributed by atoms with E-state index in [9.17, 15) is 14.0 Å². The van der Waals surface area contributed by atoms with Gasteiger partial charge in [0.15, 0.2) is 0 Å². The third-order valence-electron chi connectivity index (χ3n) is 6.99. The fourth-order valence-electron chi connectivity index (χ4n) is 4.83. The summed E-state index contributed by atoms with van der Waals surface area (Å²) in [6, 6.07) is 23.3. The standard InChI is InChI=1S/C31H25F2N5O3/c1-41-24-13-11-20(12-14-24)17-37-27-15-26(23-16-34-36(19-23)18-22-9-5-6-10-25(22)32)35-28(27)30(39)38(31(37)40)29(33)21-7-3-2-4-8-21/h2-16,19,29,35H,17-18H2,1H3. The first-order valence-electron chi connectivity index (χ1n) is 12.9. The number of benzene rings is 3. The van der Waals surface area contributed by atoms with E-state index in [-0.39, 0.29) is 30.0 Å². The van der Waals surface area contributed by atoms with E-state index >= 15 is 4.39 Å². The zero-order chi connectivity index (χ0) is 28.5. The summed E-state index contributed by atoms with van der Waals surface area (Å²) in [7, 11) is 1.56. The van der Waals surface area contributed by atoms with Crippen LogP contribution in [0, 0.1) is 5.82 Å². The average Bonchev–Trinajstić information content (AvgIpc) is 3.65. The first kappa shape index (κ1) is 26.0. The number of rotatable bonds is 8. The van der Waals surface area contributed by atoms with E-state index in [0.29, 0.717) is 32.7 Å². The van der Waals surface area contributed by atoms with Gasteiger partial charge in [-0.05, 0) is 29.8 Å². The van der Waals surface area contributed by atoms with E-state index in [4.69, 9.17) is 4.74 Å². The van der Waals surface area contributed by atoms with Crippen molar-refractivity contribution >= 4 is 11.0 Å². The van der Waals surface area contributed by atoms with Gasteiger partial charge in [-0.1, -0.05) is 60.7 Å². The van der Waals surface area contributed by atoms with Gasteiger partial charge in [0, 0.05) is 22.9 Å². The monoisotopic (exact) mass is 553 g/mol. The highest BCUT2D eigenvalue weighted by molar-refractivity contribution is 5.82. The van der Waals surface area contributed by atoms with Gasteiger partial charge in [-0.2, -0.15) is 5.10 Å². The van der Waals surface area contributed by atoms with Crippen LogP contribution in [0.1, 0.15) is 23.0 Å². The number of fused-ring (bicyclic) bond motifs is 1. The Labute approximate surface area is 232 Å². The predicted octanol–water partition coefficient (Wildman–Crippen LogP) is 5.12. The number of H-pyrrole nitrogens is 1. The number of methoxy groups -OCH3 is 1. The van der Waals surface area contributed by atoms with Gasteiger partial charge < -0.3 is 9.72 Å². The van der Waals surface area contributed by atoms with Crippen molar-refractivity contribution in [2.75, 3.05) is 7.11 Å². The largest absolute Gasteiger partial charge is 0.497 e. The summed E-state index contributed by atoms with van der Waals surface area (Å²) < 4.78 is 38.8. The third kappa shape index (κ3) is 4.95. The first-order chi connectivity index (χ1) is 19.9. The fraction of sp³-hybridized carbons (Fsp3) is 0.129. The fourth-order valence-corrected chi connectivity index (χ4v) is 4.83. The molecule has 41 heavy (non-hydrogen) atoms. The molecule has 0 spiro atoms. The molecule has 1 N–H and O–H groups in total. The Balaban J connectivity index is 1.47. The van der Waals surface area contributed by atoms with Crippen molar-refractivity contribution in [2.24, 2.45) is 0 Å². The highest BCUT2D eigenvalue weighted by Gasteiger charge is 2.23. The van der Waals surface area contributed by atoms with Crippen molar-refractivity contribution in [1.29, 1.82) is 0 Å². The summed E-state index contributed by atoms with van der Waals surface area (Å²) in [6.07, 6.45) is 1.31. The van der Waals surface area contributed by atoms with Crippen LogP contribution in [0.5, 0.6) is 5.75 Å². The molecule has 0 saturated heterocycles. The summed E-state index contributed by atoms with van der Waals surface area (Å²) in [6.45, 7) is 0.299. The molecule has 6 rings (SSSR count). The minimum Gasteiger partial charge on any atom is -0.497 e. The number of aromatic nitrogens is 5. The maximum atomic E-state index is 15.8. The van der Waals surface area contributed by atoms with E-state index in [1.54, 1.807) is 90.9 Å². The van der Waals surface area contributed by atoms with Crippen LogP contribution in [0.25, 0.3) is 22.3 Å². The molecular formula is C31H25F2N5O3. The number of aromatic amines is 1. The van der Waals surface area contributed by atoms with Gasteiger partial charge in [0.25, 0.3) is 5.56 Å². The van der Waals surface area contributed by atoms with Crippen LogP contribution >= 0.6 is 0 Å². The highest BCUT2D eigenvalue weighted by atomic mass is 19.1. The Morgan fingerprint density at radius 1 is 0.951 bits per heavy atom. The molecular weight excluding hydrogens is 528 g/mol. The molecule has 8 nitrogen and oxygen atoms in total. The van der Waals surface area contributed by atoms with Gasteiger partial charge in [-0.25, -0.2) is 18.1 Å². The van der Waals surface area contributed by atoms with Crippen molar-refractivity contribution in [3.8, 4) is 17.0 Å². The van der Waals surface area contributed by atoms with Gasteiger partial charge in [0.1, 0.15) is 17.1 Å². The molecule has 0 aliphatic heterocycles. The van der Waals surface area contributed by atoms with Gasteiger partial charge in [-0.3, -0.25) is 14.0 Å². The molecule has 3 aromatic heterocycles. The van der Waals surface area contributed by atoms with Crippen LogP contribution in [0.2, 0.25) is 0 Å². The lowest BCUT2D eigenvalue weighted by Crippen LogP contribution is -2.41. The maximum Gasteiger partial charge on any atom is 0.334 e. The van der Waals surface area contributed by atoms with Crippen molar-refractivity contribution in [1.82, 2.24) is 23.9 Å². The van der Waals surface area contributed by atoms with Gasteiger partial charge in [0.2, 0.25) is 6.30 Å². The lowest BCUT2D eigenvalue weighted by molar-refractivity contribution is 0.275. The van der Waals surface area contributed by atoms with Crippen LogP contribution < -0.4 is 16.0 Å². The van der Waals surface area contributed by atoms with E-state index in [1.165, 1.54) is 22.8 Å². The van der Waals surface area contributed by atoms with Crippen LogP contribution in [0.3, 0.4) is 0 Å². The number of hydrogen-bond acceptors (Lipinski definition) is 4. The highest BCUT2D eigenvalue weighted by Crippen LogP contribution is 2.24.